The van der Waals surface area contributed by atoms with E-state index in [1.807, 2.05) is 36.1 Å². The standard InChI is InChI=1S/C57H35N5OSSi/c1-3-15-36(16-4-1)65(37-17-5-2-6-18-37,56-53-42(29-33-59-56)41-22-13-27-50(52(41)63-53)61-46-24-10-7-19-38(46)39-20-8-11-25-47(39)61)57-55-44(30-34-60-57)43-23-14-28-51(54(43)64-55)62-48-26-12-9-21-40(48)45-35-58-32-31-49(45)62/h1-35H. The molecule has 7 aromatic heterocycles. The molecule has 0 saturated carbocycles. The van der Waals surface area contributed by atoms with E-state index in [-0.39, 0.29) is 0 Å². The molecule has 0 aliphatic carbocycles. The van der Waals surface area contributed by atoms with Crippen LogP contribution in [0.2, 0.25) is 0 Å². The van der Waals surface area contributed by atoms with Gasteiger partial charge in [-0.1, -0.05) is 140 Å². The Hall–Kier alpha value is -8.17. The molecule has 0 atom stereocenters. The number of aromatic nitrogens is 5. The van der Waals surface area contributed by atoms with Gasteiger partial charge in [-0.15, -0.1) is 11.3 Å². The third-order valence-corrected chi connectivity index (χ3v) is 19.4. The average molecular weight is 866 g/mol. The Morgan fingerprint density at radius 3 is 1.54 bits per heavy atom. The predicted molar refractivity (Wildman–Crippen MR) is 272 cm³/mol. The van der Waals surface area contributed by atoms with E-state index in [9.17, 15) is 0 Å². The second-order valence-electron chi connectivity index (χ2n) is 16.7. The van der Waals surface area contributed by atoms with E-state index >= 15 is 0 Å². The number of benzene rings is 7. The fourth-order valence-electron chi connectivity index (χ4n) is 10.8. The number of hydrogen-bond acceptors (Lipinski definition) is 5. The van der Waals surface area contributed by atoms with Crippen molar-refractivity contribution in [2.24, 2.45) is 0 Å². The van der Waals surface area contributed by atoms with E-state index in [0.717, 1.165) is 76.1 Å². The van der Waals surface area contributed by atoms with Crippen LogP contribution >= 0.6 is 11.3 Å². The summed E-state index contributed by atoms with van der Waals surface area (Å²) in [6.45, 7) is 0. The summed E-state index contributed by atoms with van der Waals surface area (Å²) in [4.78, 5) is 15.6. The van der Waals surface area contributed by atoms with Crippen LogP contribution in [-0.4, -0.2) is 32.2 Å². The lowest BCUT2D eigenvalue weighted by Crippen LogP contribution is -2.76. The minimum Gasteiger partial charge on any atom is -0.452 e. The van der Waals surface area contributed by atoms with E-state index in [0.29, 0.717) is 0 Å². The van der Waals surface area contributed by atoms with Crippen molar-refractivity contribution in [2.45, 2.75) is 0 Å². The summed E-state index contributed by atoms with van der Waals surface area (Å²) in [6.07, 6.45) is 7.86. The Morgan fingerprint density at radius 2 is 0.862 bits per heavy atom. The van der Waals surface area contributed by atoms with Crippen LogP contribution in [0, 0.1) is 0 Å². The Morgan fingerprint density at radius 1 is 0.369 bits per heavy atom. The molecule has 0 aliphatic rings. The van der Waals surface area contributed by atoms with E-state index in [1.54, 1.807) is 0 Å². The van der Waals surface area contributed by atoms with E-state index < -0.39 is 8.07 Å². The second-order valence-corrected chi connectivity index (χ2v) is 21.3. The maximum absolute atomic E-state index is 7.45. The van der Waals surface area contributed by atoms with Crippen LogP contribution < -0.4 is 21.0 Å². The lowest BCUT2D eigenvalue weighted by Gasteiger charge is -2.32. The highest BCUT2D eigenvalue weighted by Gasteiger charge is 2.48. The van der Waals surface area contributed by atoms with Gasteiger partial charge in [0.05, 0.1) is 53.5 Å². The zero-order valence-electron chi connectivity index (χ0n) is 34.8. The van der Waals surface area contributed by atoms with Crippen molar-refractivity contribution in [3.05, 3.63) is 213 Å². The number of fused-ring (bicyclic) bond motifs is 12. The molecule has 0 N–H and O–H groups in total. The van der Waals surface area contributed by atoms with Gasteiger partial charge < -0.3 is 13.6 Å². The summed E-state index contributed by atoms with van der Waals surface area (Å²) in [5, 5.41) is 13.5. The monoisotopic (exact) mass is 865 g/mol. The zero-order valence-corrected chi connectivity index (χ0v) is 36.6. The Balaban J connectivity index is 1.10. The van der Waals surface area contributed by atoms with Gasteiger partial charge in [-0.25, -0.2) is 0 Å². The zero-order chi connectivity index (χ0) is 42.6. The molecule has 0 bridgehead atoms. The van der Waals surface area contributed by atoms with Gasteiger partial charge in [0.15, 0.2) is 11.2 Å². The van der Waals surface area contributed by atoms with Gasteiger partial charge in [0.2, 0.25) is 8.07 Å². The molecule has 304 valence electrons. The van der Waals surface area contributed by atoms with Crippen molar-refractivity contribution in [2.75, 3.05) is 0 Å². The summed E-state index contributed by atoms with van der Waals surface area (Å²) < 4.78 is 14.6. The number of furan rings is 1. The first-order chi connectivity index (χ1) is 32.3. The van der Waals surface area contributed by atoms with Gasteiger partial charge in [-0.05, 0) is 58.9 Å². The molecular weight excluding hydrogens is 831 g/mol. The van der Waals surface area contributed by atoms with Crippen molar-refractivity contribution in [1.82, 2.24) is 24.1 Å². The summed E-state index contributed by atoms with van der Waals surface area (Å²) in [5.41, 5.74) is 8.28. The molecular formula is C57H35N5OSSi. The molecule has 14 aromatic rings. The summed E-state index contributed by atoms with van der Waals surface area (Å²) in [6, 6.07) is 67.5. The molecule has 8 heteroatoms. The van der Waals surface area contributed by atoms with E-state index in [1.165, 1.54) is 42.0 Å². The molecule has 0 unspecified atom stereocenters. The Kier molecular flexibility index (Phi) is 7.77. The van der Waals surface area contributed by atoms with Gasteiger partial charge in [-0.2, -0.15) is 0 Å². The first-order valence-electron chi connectivity index (χ1n) is 21.8. The molecule has 7 aromatic carbocycles. The van der Waals surface area contributed by atoms with Crippen molar-refractivity contribution in [3.8, 4) is 11.4 Å². The first-order valence-corrected chi connectivity index (χ1v) is 24.7. The SMILES string of the molecule is c1ccc([Si](c2ccccc2)(c2nccc3c2oc2c(-n4c5ccccc5c5ccccc54)cccc23)c2nccc3c2sc2c(-n4c5ccccc5c5cnccc54)cccc23)cc1. The average Bonchev–Trinajstić information content (AvgIpc) is 4.14. The quantitative estimate of drug-likeness (QED) is 0.156. The molecule has 6 nitrogen and oxygen atoms in total. The van der Waals surface area contributed by atoms with Gasteiger partial charge >= 0.3 is 0 Å². The maximum atomic E-state index is 7.45. The largest absolute Gasteiger partial charge is 0.452 e. The van der Waals surface area contributed by atoms with Gasteiger partial charge in [-0.3, -0.25) is 15.0 Å². The number of hydrogen-bond donors (Lipinski definition) is 0. The molecule has 0 spiro atoms. The third kappa shape index (κ3) is 5.00. The van der Waals surface area contributed by atoms with Crippen molar-refractivity contribution in [1.29, 1.82) is 0 Å². The molecule has 0 amide bonds. The van der Waals surface area contributed by atoms with Crippen LogP contribution in [0.15, 0.2) is 217 Å². The molecule has 65 heavy (non-hydrogen) atoms. The highest BCUT2D eigenvalue weighted by Crippen LogP contribution is 2.42. The lowest BCUT2D eigenvalue weighted by atomic mass is 10.1. The molecule has 0 saturated heterocycles. The highest BCUT2D eigenvalue weighted by atomic mass is 32.1. The first kappa shape index (κ1) is 36.3. The maximum Gasteiger partial charge on any atom is 0.230 e. The van der Waals surface area contributed by atoms with Crippen molar-refractivity contribution >= 4 is 126 Å². The van der Waals surface area contributed by atoms with Crippen LogP contribution in [0.5, 0.6) is 0 Å². The molecule has 0 radical (unpaired) electrons. The highest BCUT2D eigenvalue weighted by molar-refractivity contribution is 7.31. The number of pyridine rings is 3. The van der Waals surface area contributed by atoms with Crippen molar-refractivity contribution in [3.63, 3.8) is 0 Å². The molecule has 0 aliphatic heterocycles. The normalized spacial score (nSPS) is 12.3. The van der Waals surface area contributed by atoms with Crippen LogP contribution in [0.3, 0.4) is 0 Å². The fourth-order valence-corrected chi connectivity index (χ4v) is 17.1. The van der Waals surface area contributed by atoms with E-state index in [4.69, 9.17) is 14.4 Å². The van der Waals surface area contributed by atoms with E-state index in [2.05, 4.69) is 202 Å². The van der Waals surface area contributed by atoms with Crippen molar-refractivity contribution < 1.29 is 4.42 Å². The van der Waals surface area contributed by atoms with Crippen LogP contribution in [-0.2, 0) is 0 Å². The Bertz CT molecular complexity index is 3830. The van der Waals surface area contributed by atoms with Gasteiger partial charge in [0.1, 0.15) is 0 Å². The van der Waals surface area contributed by atoms with Crippen LogP contribution in [0.25, 0.3) is 97.1 Å². The predicted octanol–water partition coefficient (Wildman–Crippen LogP) is 11.7. The number of nitrogens with zero attached hydrogens (tertiary/aromatic N) is 5. The van der Waals surface area contributed by atoms with Gasteiger partial charge in [0.25, 0.3) is 0 Å². The minimum absolute atomic E-state index is 0.787. The molecule has 7 heterocycles. The number of para-hydroxylation sites is 4. The summed E-state index contributed by atoms with van der Waals surface area (Å²) >= 11 is 1.83. The summed E-state index contributed by atoms with van der Waals surface area (Å²) in [7, 11) is -3.42. The smallest absolute Gasteiger partial charge is 0.230 e. The molecule has 14 rings (SSSR count). The van der Waals surface area contributed by atoms with Crippen LogP contribution in [0.1, 0.15) is 0 Å². The minimum atomic E-state index is -3.42. The number of thiophene rings is 1. The lowest BCUT2D eigenvalue weighted by molar-refractivity contribution is 0.667. The number of rotatable bonds is 6. The van der Waals surface area contributed by atoms with Gasteiger partial charge in [0, 0.05) is 67.9 Å². The Labute approximate surface area is 376 Å². The molecule has 0 fully saturated rings. The third-order valence-electron chi connectivity index (χ3n) is 13.4. The van der Waals surface area contributed by atoms with Crippen LogP contribution in [0.4, 0.5) is 0 Å². The fraction of sp³-hybridized carbons (Fsp3) is 0. The summed E-state index contributed by atoms with van der Waals surface area (Å²) in [5.74, 6) is 0. The second kappa shape index (κ2) is 13.9. The topological polar surface area (TPSA) is 61.7 Å².